The summed E-state index contributed by atoms with van der Waals surface area (Å²) in [6.07, 6.45) is 4.20. The molecular formula is C18H27BrClN3O. The molecule has 1 aliphatic heterocycles. The van der Waals surface area contributed by atoms with Gasteiger partial charge in [0.2, 0.25) is 5.91 Å². The van der Waals surface area contributed by atoms with Crippen LogP contribution in [0.1, 0.15) is 31.2 Å². The molecule has 134 valence electrons. The van der Waals surface area contributed by atoms with Crippen LogP contribution in [0.15, 0.2) is 28.7 Å². The average Bonchev–Trinajstić information content (AvgIpc) is 3.07. The van der Waals surface area contributed by atoms with Crippen LogP contribution in [0.25, 0.3) is 0 Å². The van der Waals surface area contributed by atoms with Gasteiger partial charge in [-0.2, -0.15) is 0 Å². The fourth-order valence-electron chi connectivity index (χ4n) is 3.84. The van der Waals surface area contributed by atoms with Crippen molar-refractivity contribution in [3.63, 3.8) is 0 Å². The zero-order valence-electron chi connectivity index (χ0n) is 14.0. The quantitative estimate of drug-likeness (QED) is 0.776. The van der Waals surface area contributed by atoms with Crippen LogP contribution in [0, 0.1) is 0 Å². The first kappa shape index (κ1) is 19.7. The molecule has 3 rings (SSSR count). The monoisotopic (exact) mass is 415 g/mol. The molecule has 1 aromatic rings. The van der Waals surface area contributed by atoms with Gasteiger partial charge < -0.3 is 10.6 Å². The van der Waals surface area contributed by atoms with Crippen molar-refractivity contribution < 1.29 is 4.79 Å². The number of nitrogens with one attached hydrogen (secondary N) is 2. The van der Waals surface area contributed by atoms with E-state index in [1.54, 1.807) is 0 Å². The molecule has 1 aliphatic carbocycles. The topological polar surface area (TPSA) is 44.4 Å². The van der Waals surface area contributed by atoms with Gasteiger partial charge in [-0.25, -0.2) is 0 Å². The number of nitrogens with zero attached hydrogens (tertiary/aromatic N) is 1. The summed E-state index contributed by atoms with van der Waals surface area (Å²) in [5.41, 5.74) is 0.830. The minimum Gasteiger partial charge on any atom is -0.354 e. The highest BCUT2D eigenvalue weighted by Gasteiger charge is 2.42. The van der Waals surface area contributed by atoms with Gasteiger partial charge >= 0.3 is 0 Å². The minimum atomic E-state index is -0.326. The number of hydrogen-bond acceptors (Lipinski definition) is 3. The van der Waals surface area contributed by atoms with Crippen molar-refractivity contribution in [2.75, 3.05) is 39.3 Å². The minimum absolute atomic E-state index is 0. The van der Waals surface area contributed by atoms with Crippen molar-refractivity contribution >= 4 is 34.2 Å². The molecule has 1 saturated heterocycles. The molecule has 6 heteroatoms. The molecule has 0 bridgehead atoms. The first-order valence-corrected chi connectivity index (χ1v) is 9.47. The Balaban J connectivity index is 0.00000208. The number of hydrogen-bond donors (Lipinski definition) is 2. The van der Waals surface area contributed by atoms with Crippen molar-refractivity contribution in [3.8, 4) is 0 Å². The number of halogens is 2. The van der Waals surface area contributed by atoms with Gasteiger partial charge in [0.15, 0.2) is 0 Å². The maximum Gasteiger partial charge on any atom is 0.230 e. The lowest BCUT2D eigenvalue weighted by molar-refractivity contribution is -0.126. The lowest BCUT2D eigenvalue weighted by Crippen LogP contribution is -2.48. The van der Waals surface area contributed by atoms with Gasteiger partial charge in [0.1, 0.15) is 0 Å². The smallest absolute Gasteiger partial charge is 0.230 e. The fourth-order valence-corrected chi connectivity index (χ4v) is 4.24. The molecule has 1 amide bonds. The Morgan fingerprint density at radius 3 is 2.62 bits per heavy atom. The first-order valence-electron chi connectivity index (χ1n) is 8.68. The third kappa shape index (κ3) is 4.51. The third-order valence-electron chi connectivity index (χ3n) is 5.19. The van der Waals surface area contributed by atoms with Crippen molar-refractivity contribution in [1.29, 1.82) is 0 Å². The highest BCUT2D eigenvalue weighted by Crippen LogP contribution is 2.42. The largest absolute Gasteiger partial charge is 0.354 e. The highest BCUT2D eigenvalue weighted by atomic mass is 79.9. The molecule has 0 atom stereocenters. The standard InChI is InChI=1S/C18H26BrN3O.ClH/c19-16-5-3-4-15(14-16)18(6-1-2-7-18)17(23)21-10-13-22-11-8-20-9-12-22;/h3-5,14,20H,1-2,6-13H2,(H,21,23);1H. The molecule has 0 aromatic heterocycles. The number of benzene rings is 1. The predicted molar refractivity (Wildman–Crippen MR) is 104 cm³/mol. The van der Waals surface area contributed by atoms with Gasteiger partial charge in [0, 0.05) is 43.7 Å². The molecule has 4 nitrogen and oxygen atoms in total. The number of amides is 1. The van der Waals surface area contributed by atoms with Crippen LogP contribution in [0.2, 0.25) is 0 Å². The number of piperazine rings is 1. The summed E-state index contributed by atoms with van der Waals surface area (Å²) in [7, 11) is 0. The van der Waals surface area contributed by atoms with Crippen LogP contribution >= 0.6 is 28.3 Å². The summed E-state index contributed by atoms with van der Waals surface area (Å²) in [5, 5.41) is 6.57. The molecule has 1 saturated carbocycles. The molecule has 1 heterocycles. The molecule has 2 aliphatic rings. The van der Waals surface area contributed by atoms with E-state index in [-0.39, 0.29) is 23.7 Å². The Hall–Kier alpha value is -0.620. The van der Waals surface area contributed by atoms with Gasteiger partial charge in [-0.1, -0.05) is 40.9 Å². The van der Waals surface area contributed by atoms with E-state index >= 15 is 0 Å². The van der Waals surface area contributed by atoms with E-state index in [1.165, 1.54) is 0 Å². The molecule has 1 aromatic carbocycles. The van der Waals surface area contributed by atoms with Crippen molar-refractivity contribution in [2.24, 2.45) is 0 Å². The third-order valence-corrected chi connectivity index (χ3v) is 5.69. The molecule has 24 heavy (non-hydrogen) atoms. The van der Waals surface area contributed by atoms with Crippen LogP contribution in [0.5, 0.6) is 0 Å². The van der Waals surface area contributed by atoms with Crippen LogP contribution < -0.4 is 10.6 Å². The lowest BCUT2D eigenvalue weighted by atomic mass is 9.78. The normalized spacial score (nSPS) is 20.4. The Kier molecular flexibility index (Phi) is 7.54. The SMILES string of the molecule is Cl.O=C(NCCN1CCNCC1)C1(c2cccc(Br)c2)CCCC1. The maximum absolute atomic E-state index is 13.0. The Morgan fingerprint density at radius 1 is 1.25 bits per heavy atom. The summed E-state index contributed by atoms with van der Waals surface area (Å²) in [4.78, 5) is 15.4. The highest BCUT2D eigenvalue weighted by molar-refractivity contribution is 9.10. The molecule has 0 unspecified atom stereocenters. The maximum atomic E-state index is 13.0. The van der Waals surface area contributed by atoms with Crippen molar-refractivity contribution in [1.82, 2.24) is 15.5 Å². The molecule has 2 N–H and O–H groups in total. The lowest BCUT2D eigenvalue weighted by Gasteiger charge is -2.30. The zero-order valence-corrected chi connectivity index (χ0v) is 16.4. The van der Waals surface area contributed by atoms with Crippen LogP contribution in [0.3, 0.4) is 0 Å². The number of rotatable bonds is 5. The van der Waals surface area contributed by atoms with E-state index in [0.717, 1.165) is 75.0 Å². The van der Waals surface area contributed by atoms with E-state index < -0.39 is 0 Å². The number of carbonyl (C=O) groups excluding carboxylic acids is 1. The van der Waals surface area contributed by atoms with Gasteiger partial charge in [-0.15, -0.1) is 12.4 Å². The second-order valence-electron chi connectivity index (χ2n) is 6.65. The first-order chi connectivity index (χ1) is 11.2. The second-order valence-corrected chi connectivity index (χ2v) is 7.56. The zero-order chi connectivity index (χ0) is 16.1. The molecule has 0 spiro atoms. The van der Waals surface area contributed by atoms with E-state index in [2.05, 4.69) is 43.6 Å². The summed E-state index contributed by atoms with van der Waals surface area (Å²) in [6, 6.07) is 8.27. The summed E-state index contributed by atoms with van der Waals surface area (Å²) >= 11 is 3.54. The van der Waals surface area contributed by atoms with E-state index in [0.29, 0.717) is 0 Å². The Bertz CT molecular complexity index is 543. The van der Waals surface area contributed by atoms with E-state index in [1.807, 2.05) is 12.1 Å². The molecule has 2 fully saturated rings. The van der Waals surface area contributed by atoms with Gasteiger partial charge in [-0.3, -0.25) is 9.69 Å². The summed E-state index contributed by atoms with van der Waals surface area (Å²) in [6.45, 7) is 5.95. The van der Waals surface area contributed by atoms with Crippen LogP contribution in [-0.4, -0.2) is 50.1 Å². The van der Waals surface area contributed by atoms with Gasteiger partial charge in [0.05, 0.1) is 5.41 Å². The Morgan fingerprint density at radius 2 is 1.96 bits per heavy atom. The number of carbonyl (C=O) groups is 1. The van der Waals surface area contributed by atoms with Crippen molar-refractivity contribution in [3.05, 3.63) is 34.3 Å². The molecule has 0 radical (unpaired) electrons. The average molecular weight is 417 g/mol. The van der Waals surface area contributed by atoms with E-state index in [4.69, 9.17) is 0 Å². The fraction of sp³-hybridized carbons (Fsp3) is 0.611. The van der Waals surface area contributed by atoms with E-state index in [9.17, 15) is 4.79 Å². The summed E-state index contributed by atoms with van der Waals surface area (Å²) in [5.74, 6) is 0.211. The molecular weight excluding hydrogens is 390 g/mol. The second kappa shape index (κ2) is 9.18. The van der Waals surface area contributed by atoms with Crippen LogP contribution in [-0.2, 0) is 10.2 Å². The summed E-state index contributed by atoms with van der Waals surface area (Å²) < 4.78 is 1.05. The van der Waals surface area contributed by atoms with Crippen molar-refractivity contribution in [2.45, 2.75) is 31.1 Å². The Labute approximate surface area is 159 Å². The predicted octanol–water partition coefficient (Wildman–Crippen LogP) is 2.70. The van der Waals surface area contributed by atoms with Crippen LogP contribution in [0.4, 0.5) is 0 Å². The van der Waals surface area contributed by atoms with Gasteiger partial charge in [-0.05, 0) is 30.5 Å². The van der Waals surface area contributed by atoms with Gasteiger partial charge in [0.25, 0.3) is 0 Å².